The van der Waals surface area contributed by atoms with Crippen LogP contribution < -0.4 is 0 Å². The maximum absolute atomic E-state index is 10.9. The summed E-state index contributed by atoms with van der Waals surface area (Å²) >= 11 is 0. The normalized spacial score (nSPS) is 9.85. The molecular formula is C10H16O3. The number of carbonyl (C=O) groups excluding carboxylic acids is 1. The van der Waals surface area contributed by atoms with Crippen LogP contribution in [0.15, 0.2) is 0 Å². The highest BCUT2D eigenvalue weighted by molar-refractivity contribution is 5.60. The van der Waals surface area contributed by atoms with E-state index in [1.165, 1.54) is 0 Å². The third kappa shape index (κ3) is 8.74. The molecule has 0 N–H and O–H groups in total. The molecular weight excluding hydrogens is 168 g/mol. The molecule has 0 aliphatic carbocycles. The molecule has 0 rings (SSSR count). The van der Waals surface area contributed by atoms with Crippen molar-refractivity contribution < 1.29 is 14.3 Å². The topological polar surface area (TPSA) is 35.5 Å². The Morgan fingerprint density at radius 2 is 1.92 bits per heavy atom. The monoisotopic (exact) mass is 184 g/mol. The first-order valence-electron chi connectivity index (χ1n) is 4.27. The van der Waals surface area contributed by atoms with Crippen LogP contribution >= 0.6 is 0 Å². The van der Waals surface area contributed by atoms with Crippen molar-refractivity contribution >= 4 is 6.16 Å². The van der Waals surface area contributed by atoms with Gasteiger partial charge in [-0.25, -0.2) is 4.79 Å². The minimum Gasteiger partial charge on any atom is -0.429 e. The van der Waals surface area contributed by atoms with Gasteiger partial charge in [0.15, 0.2) is 6.61 Å². The molecule has 3 heteroatoms. The fourth-order valence-corrected chi connectivity index (χ4v) is 0.551. The van der Waals surface area contributed by atoms with Crippen LogP contribution in [0.25, 0.3) is 0 Å². The van der Waals surface area contributed by atoms with Crippen molar-refractivity contribution in [2.45, 2.75) is 39.7 Å². The summed E-state index contributed by atoms with van der Waals surface area (Å²) in [5.74, 6) is 5.46. The molecule has 3 nitrogen and oxygen atoms in total. The summed E-state index contributed by atoms with van der Waals surface area (Å²) < 4.78 is 9.57. The van der Waals surface area contributed by atoms with Crippen molar-refractivity contribution in [2.75, 3.05) is 6.61 Å². The average Bonchev–Trinajstić information content (AvgIpc) is 1.94. The van der Waals surface area contributed by atoms with Gasteiger partial charge in [0.1, 0.15) is 5.60 Å². The zero-order valence-electron chi connectivity index (χ0n) is 8.64. The van der Waals surface area contributed by atoms with E-state index in [0.29, 0.717) is 0 Å². The molecule has 0 saturated heterocycles. The third-order valence-corrected chi connectivity index (χ3v) is 0.953. The van der Waals surface area contributed by atoms with Crippen LogP contribution in [0.3, 0.4) is 0 Å². The number of hydrogen-bond acceptors (Lipinski definition) is 3. The first-order chi connectivity index (χ1) is 5.95. The van der Waals surface area contributed by atoms with E-state index in [4.69, 9.17) is 4.74 Å². The van der Waals surface area contributed by atoms with Gasteiger partial charge in [0.2, 0.25) is 0 Å². The quantitative estimate of drug-likeness (QED) is 0.463. The van der Waals surface area contributed by atoms with E-state index in [2.05, 4.69) is 16.6 Å². The second-order valence-corrected chi connectivity index (χ2v) is 3.46. The highest BCUT2D eigenvalue weighted by Gasteiger charge is 2.16. The fraction of sp³-hybridized carbons (Fsp3) is 0.700. The first kappa shape index (κ1) is 11.8. The van der Waals surface area contributed by atoms with Gasteiger partial charge < -0.3 is 9.47 Å². The van der Waals surface area contributed by atoms with Gasteiger partial charge in [0, 0.05) is 6.42 Å². The van der Waals surface area contributed by atoms with E-state index < -0.39 is 11.8 Å². The molecule has 0 atom stereocenters. The van der Waals surface area contributed by atoms with Crippen molar-refractivity contribution in [1.82, 2.24) is 0 Å². The summed E-state index contributed by atoms with van der Waals surface area (Å²) in [7, 11) is 0. The molecule has 0 saturated carbocycles. The molecule has 0 fully saturated rings. The van der Waals surface area contributed by atoms with Crippen LogP contribution in [0.2, 0.25) is 0 Å². The maximum Gasteiger partial charge on any atom is 0.509 e. The Bertz CT molecular complexity index is 215. The molecule has 0 aromatic carbocycles. The number of hydrogen-bond donors (Lipinski definition) is 0. The van der Waals surface area contributed by atoms with Crippen molar-refractivity contribution in [1.29, 1.82) is 0 Å². The Kier molecular flexibility index (Phi) is 4.98. The Balaban J connectivity index is 3.64. The van der Waals surface area contributed by atoms with Crippen LogP contribution in [0.1, 0.15) is 34.1 Å². The first-order valence-corrected chi connectivity index (χ1v) is 4.27. The standard InChI is InChI=1S/C10H16O3/c1-5-6-7-8-12-9(11)13-10(2,3)4/h5,8H2,1-4H3. The average molecular weight is 184 g/mol. The molecule has 0 heterocycles. The lowest BCUT2D eigenvalue weighted by Crippen LogP contribution is -2.24. The smallest absolute Gasteiger partial charge is 0.429 e. The summed E-state index contributed by atoms with van der Waals surface area (Å²) in [6.45, 7) is 7.38. The van der Waals surface area contributed by atoms with E-state index in [1.807, 2.05) is 6.92 Å². The van der Waals surface area contributed by atoms with E-state index >= 15 is 0 Å². The van der Waals surface area contributed by atoms with E-state index in [1.54, 1.807) is 20.8 Å². The van der Waals surface area contributed by atoms with Crippen LogP contribution in [0.5, 0.6) is 0 Å². The molecule has 0 aliphatic heterocycles. The summed E-state index contributed by atoms with van der Waals surface area (Å²) in [4.78, 5) is 10.9. The van der Waals surface area contributed by atoms with E-state index in [9.17, 15) is 4.79 Å². The van der Waals surface area contributed by atoms with Crippen LogP contribution in [0.4, 0.5) is 4.79 Å². The Morgan fingerprint density at radius 3 is 2.38 bits per heavy atom. The Hall–Kier alpha value is -1.17. The molecule has 0 unspecified atom stereocenters. The van der Waals surface area contributed by atoms with Gasteiger partial charge in [-0.2, -0.15) is 0 Å². The highest BCUT2D eigenvalue weighted by Crippen LogP contribution is 2.07. The molecule has 0 aliphatic rings. The molecule has 74 valence electrons. The number of ether oxygens (including phenoxy) is 2. The summed E-state index contributed by atoms with van der Waals surface area (Å²) in [5.41, 5.74) is -0.505. The highest BCUT2D eigenvalue weighted by atomic mass is 16.7. The molecule has 0 bridgehead atoms. The van der Waals surface area contributed by atoms with Crippen molar-refractivity contribution in [2.24, 2.45) is 0 Å². The van der Waals surface area contributed by atoms with Gasteiger partial charge in [-0.05, 0) is 20.8 Å². The van der Waals surface area contributed by atoms with Crippen LogP contribution in [-0.4, -0.2) is 18.4 Å². The zero-order valence-corrected chi connectivity index (χ0v) is 8.64. The largest absolute Gasteiger partial charge is 0.509 e. The Labute approximate surface area is 79.4 Å². The van der Waals surface area contributed by atoms with E-state index in [0.717, 1.165) is 6.42 Å². The predicted molar refractivity (Wildman–Crippen MR) is 50.3 cm³/mol. The van der Waals surface area contributed by atoms with Crippen LogP contribution in [0, 0.1) is 11.8 Å². The summed E-state index contributed by atoms with van der Waals surface area (Å²) in [6.07, 6.45) is 0.0930. The van der Waals surface area contributed by atoms with Gasteiger partial charge in [0.05, 0.1) is 0 Å². The minimum absolute atomic E-state index is 0.1000. The maximum atomic E-state index is 10.9. The fourth-order valence-electron chi connectivity index (χ4n) is 0.551. The second-order valence-electron chi connectivity index (χ2n) is 3.46. The van der Waals surface area contributed by atoms with Crippen molar-refractivity contribution in [3.05, 3.63) is 0 Å². The lowest BCUT2D eigenvalue weighted by molar-refractivity contribution is -0.00163. The number of rotatable bonds is 1. The predicted octanol–water partition coefficient (Wildman–Crippen LogP) is 2.35. The van der Waals surface area contributed by atoms with Crippen molar-refractivity contribution in [3.8, 4) is 11.8 Å². The van der Waals surface area contributed by atoms with Gasteiger partial charge in [-0.15, -0.1) is 5.92 Å². The number of carbonyl (C=O) groups is 1. The van der Waals surface area contributed by atoms with Gasteiger partial charge in [0.25, 0.3) is 0 Å². The SMILES string of the molecule is CCC#CCOC(=O)OC(C)(C)C. The minimum atomic E-state index is -0.669. The van der Waals surface area contributed by atoms with Gasteiger partial charge in [-0.1, -0.05) is 12.8 Å². The lowest BCUT2D eigenvalue weighted by atomic mass is 10.2. The van der Waals surface area contributed by atoms with Crippen molar-refractivity contribution in [3.63, 3.8) is 0 Å². The Morgan fingerprint density at radius 1 is 1.31 bits per heavy atom. The van der Waals surface area contributed by atoms with E-state index in [-0.39, 0.29) is 6.61 Å². The molecule has 0 radical (unpaired) electrons. The van der Waals surface area contributed by atoms with Crippen LogP contribution in [-0.2, 0) is 9.47 Å². The summed E-state index contributed by atoms with van der Waals surface area (Å²) in [5, 5.41) is 0. The molecule has 13 heavy (non-hydrogen) atoms. The molecule has 0 spiro atoms. The second kappa shape index (κ2) is 5.47. The molecule has 0 aromatic rings. The lowest BCUT2D eigenvalue weighted by Gasteiger charge is -2.18. The molecule has 0 amide bonds. The third-order valence-electron chi connectivity index (χ3n) is 0.953. The zero-order chi connectivity index (χ0) is 10.3. The summed E-state index contributed by atoms with van der Waals surface area (Å²) in [6, 6.07) is 0. The molecule has 0 aromatic heterocycles. The van der Waals surface area contributed by atoms with Gasteiger partial charge in [-0.3, -0.25) is 0 Å². The van der Waals surface area contributed by atoms with Gasteiger partial charge >= 0.3 is 6.16 Å².